The Bertz CT molecular complexity index is 384. The largest absolute Gasteiger partial charge is 0.346 e. The summed E-state index contributed by atoms with van der Waals surface area (Å²) >= 11 is 0. The lowest BCUT2D eigenvalue weighted by molar-refractivity contribution is -0.921. The van der Waals surface area contributed by atoms with Gasteiger partial charge in [-0.25, -0.2) is 0 Å². The van der Waals surface area contributed by atoms with E-state index in [4.69, 9.17) is 0 Å². The van der Waals surface area contributed by atoms with Crippen molar-refractivity contribution < 1.29 is 9.69 Å². The van der Waals surface area contributed by atoms with Crippen LogP contribution in [0.15, 0.2) is 0 Å². The molecule has 0 radical (unpaired) electrons. The van der Waals surface area contributed by atoms with Gasteiger partial charge in [-0.3, -0.25) is 4.79 Å². The maximum atomic E-state index is 12.6. The summed E-state index contributed by atoms with van der Waals surface area (Å²) in [5.41, 5.74) is 0.199. The molecule has 5 aliphatic rings. The Morgan fingerprint density at radius 1 is 1.10 bits per heavy atom. The van der Waals surface area contributed by atoms with Crippen LogP contribution in [-0.4, -0.2) is 30.6 Å². The lowest BCUT2D eigenvalue weighted by Gasteiger charge is -2.56. The van der Waals surface area contributed by atoms with E-state index in [9.17, 15) is 4.79 Å². The average molecular weight is 291 g/mol. The Morgan fingerprint density at radius 3 is 2.29 bits per heavy atom. The summed E-state index contributed by atoms with van der Waals surface area (Å²) < 4.78 is 0. The number of likely N-dealkylation sites (tertiary alicyclic amines) is 1. The van der Waals surface area contributed by atoms with Crippen molar-refractivity contribution in [1.82, 2.24) is 5.32 Å². The van der Waals surface area contributed by atoms with Gasteiger partial charge in [0.15, 0.2) is 6.54 Å². The number of hydrogen-bond donors (Lipinski definition) is 2. The third kappa shape index (κ3) is 2.74. The summed E-state index contributed by atoms with van der Waals surface area (Å²) in [6, 6.07) is 0.667. The monoisotopic (exact) mass is 291 g/mol. The van der Waals surface area contributed by atoms with E-state index in [1.807, 2.05) is 0 Å². The van der Waals surface area contributed by atoms with Crippen molar-refractivity contribution in [3.8, 4) is 0 Å². The van der Waals surface area contributed by atoms with Crippen LogP contribution in [0.2, 0.25) is 0 Å². The highest BCUT2D eigenvalue weighted by molar-refractivity contribution is 5.77. The third-order valence-electron chi connectivity index (χ3n) is 6.91. The molecular weight excluding hydrogens is 260 g/mol. The lowest BCUT2D eigenvalue weighted by atomic mass is 9.53. The summed E-state index contributed by atoms with van der Waals surface area (Å²) in [5.74, 6) is 3.08. The van der Waals surface area contributed by atoms with Gasteiger partial charge in [0.25, 0.3) is 5.91 Å². The normalized spacial score (nSPS) is 48.3. The highest BCUT2D eigenvalue weighted by Gasteiger charge is 2.51. The second-order valence-corrected chi connectivity index (χ2v) is 8.73. The first-order valence-electron chi connectivity index (χ1n) is 9.27. The topological polar surface area (TPSA) is 33.5 Å². The summed E-state index contributed by atoms with van der Waals surface area (Å²) in [6.45, 7) is 4.21. The molecule has 118 valence electrons. The minimum absolute atomic E-state index is 0.199. The molecule has 4 aliphatic carbocycles. The molecule has 1 unspecified atom stereocenters. The van der Waals surface area contributed by atoms with Gasteiger partial charge >= 0.3 is 0 Å². The summed E-state index contributed by atoms with van der Waals surface area (Å²) in [4.78, 5) is 14.1. The molecule has 4 bridgehead atoms. The van der Waals surface area contributed by atoms with Gasteiger partial charge in [0.05, 0.1) is 12.6 Å². The van der Waals surface area contributed by atoms with E-state index in [0.717, 1.165) is 17.8 Å². The number of piperidine rings is 1. The van der Waals surface area contributed by atoms with E-state index in [-0.39, 0.29) is 5.54 Å². The molecule has 3 nitrogen and oxygen atoms in total. The van der Waals surface area contributed by atoms with E-state index in [1.165, 1.54) is 69.2 Å². The van der Waals surface area contributed by atoms with Crippen LogP contribution < -0.4 is 10.2 Å². The van der Waals surface area contributed by atoms with Crippen molar-refractivity contribution in [3.05, 3.63) is 0 Å². The average Bonchev–Trinajstić information content (AvgIpc) is 2.39. The van der Waals surface area contributed by atoms with Gasteiger partial charge < -0.3 is 10.2 Å². The minimum Gasteiger partial charge on any atom is -0.346 e. The zero-order valence-electron chi connectivity index (χ0n) is 13.5. The van der Waals surface area contributed by atoms with E-state index in [1.54, 1.807) is 0 Å². The van der Waals surface area contributed by atoms with Gasteiger partial charge in [0.2, 0.25) is 0 Å². The Kier molecular flexibility index (Phi) is 3.52. The second-order valence-electron chi connectivity index (χ2n) is 8.73. The molecule has 0 aromatic carbocycles. The molecule has 1 heterocycles. The zero-order valence-corrected chi connectivity index (χ0v) is 13.5. The predicted molar refractivity (Wildman–Crippen MR) is 83.1 cm³/mol. The van der Waals surface area contributed by atoms with E-state index in [0.29, 0.717) is 18.5 Å². The fraction of sp³-hybridized carbons (Fsp3) is 0.944. The number of nitrogens with one attached hydrogen (secondary N) is 2. The molecule has 5 fully saturated rings. The van der Waals surface area contributed by atoms with Crippen LogP contribution in [0, 0.1) is 17.8 Å². The van der Waals surface area contributed by atoms with Crippen molar-refractivity contribution in [2.24, 2.45) is 17.8 Å². The van der Waals surface area contributed by atoms with Gasteiger partial charge in [-0.1, -0.05) is 0 Å². The maximum Gasteiger partial charge on any atom is 0.275 e. The highest BCUT2D eigenvalue weighted by atomic mass is 16.2. The quantitative estimate of drug-likeness (QED) is 0.812. The van der Waals surface area contributed by atoms with Crippen LogP contribution in [0.4, 0.5) is 0 Å². The Labute approximate surface area is 128 Å². The van der Waals surface area contributed by atoms with Crippen LogP contribution in [0.25, 0.3) is 0 Å². The Balaban J connectivity index is 1.38. The molecule has 1 amide bonds. The molecule has 0 spiro atoms. The number of rotatable bonds is 3. The molecule has 2 N–H and O–H groups in total. The first kappa shape index (κ1) is 14.0. The number of quaternary nitrogens is 1. The van der Waals surface area contributed by atoms with Crippen LogP contribution in [0.5, 0.6) is 0 Å². The smallest absolute Gasteiger partial charge is 0.275 e. The van der Waals surface area contributed by atoms with Crippen LogP contribution >= 0.6 is 0 Å². The Morgan fingerprint density at radius 2 is 1.71 bits per heavy atom. The van der Waals surface area contributed by atoms with Gasteiger partial charge in [0, 0.05) is 5.54 Å². The summed E-state index contributed by atoms with van der Waals surface area (Å²) in [7, 11) is 0. The molecule has 0 aromatic heterocycles. The minimum atomic E-state index is 0.199. The lowest BCUT2D eigenvalue weighted by Crippen LogP contribution is -3.17. The summed E-state index contributed by atoms with van der Waals surface area (Å²) in [6.07, 6.45) is 12.1. The molecular formula is C18H31N2O+. The van der Waals surface area contributed by atoms with Gasteiger partial charge in [-0.05, 0) is 82.5 Å². The van der Waals surface area contributed by atoms with Crippen LogP contribution in [0.1, 0.15) is 64.7 Å². The van der Waals surface area contributed by atoms with Crippen molar-refractivity contribution in [3.63, 3.8) is 0 Å². The van der Waals surface area contributed by atoms with Crippen molar-refractivity contribution >= 4 is 5.91 Å². The van der Waals surface area contributed by atoms with E-state index >= 15 is 0 Å². The molecule has 2 atom stereocenters. The van der Waals surface area contributed by atoms with Crippen LogP contribution in [0.3, 0.4) is 0 Å². The molecule has 1 aliphatic heterocycles. The van der Waals surface area contributed by atoms with E-state index < -0.39 is 0 Å². The molecule has 1 saturated heterocycles. The molecule has 3 heteroatoms. The van der Waals surface area contributed by atoms with Gasteiger partial charge in [-0.2, -0.15) is 0 Å². The van der Waals surface area contributed by atoms with Gasteiger partial charge in [-0.15, -0.1) is 0 Å². The SMILES string of the molecule is C[C@@H]1CCCC[NH+]1CC(=O)NC12CC3CC(CC(C3)C1)C2. The van der Waals surface area contributed by atoms with Gasteiger partial charge in [0.1, 0.15) is 0 Å². The molecule has 0 aromatic rings. The Hall–Kier alpha value is -0.570. The summed E-state index contributed by atoms with van der Waals surface area (Å²) in [5, 5.41) is 3.53. The van der Waals surface area contributed by atoms with E-state index in [2.05, 4.69) is 12.2 Å². The van der Waals surface area contributed by atoms with Crippen molar-refractivity contribution in [2.45, 2.75) is 76.3 Å². The first-order valence-corrected chi connectivity index (χ1v) is 9.27. The molecule has 4 saturated carbocycles. The number of carbonyl (C=O) groups excluding carboxylic acids is 1. The van der Waals surface area contributed by atoms with Crippen LogP contribution in [-0.2, 0) is 4.79 Å². The van der Waals surface area contributed by atoms with Crippen molar-refractivity contribution in [1.29, 1.82) is 0 Å². The highest BCUT2D eigenvalue weighted by Crippen LogP contribution is 2.55. The first-order chi connectivity index (χ1) is 10.1. The second kappa shape index (κ2) is 5.26. The van der Waals surface area contributed by atoms with Crippen molar-refractivity contribution in [2.75, 3.05) is 13.1 Å². The maximum absolute atomic E-state index is 12.6. The third-order valence-corrected chi connectivity index (χ3v) is 6.91. The molecule has 21 heavy (non-hydrogen) atoms. The number of carbonyl (C=O) groups is 1. The fourth-order valence-corrected chi connectivity index (χ4v) is 6.33. The predicted octanol–water partition coefficient (Wildman–Crippen LogP) is 1.53. The zero-order chi connectivity index (χ0) is 14.4. The number of amides is 1. The fourth-order valence-electron chi connectivity index (χ4n) is 6.33. The standard InChI is InChI=1S/C18H30N2O/c1-13-4-2-3-5-20(13)12-17(21)19-18-9-14-6-15(10-18)8-16(7-14)11-18/h13-16H,2-12H2,1H3,(H,19,21)/p+1/t13-,14?,15?,16?,18?/m1/s1. The number of hydrogen-bond acceptors (Lipinski definition) is 1. The molecule has 5 rings (SSSR count).